The van der Waals surface area contributed by atoms with Crippen LogP contribution in [0.15, 0.2) is 24.3 Å². The van der Waals surface area contributed by atoms with Crippen LogP contribution < -0.4 is 10.2 Å². The number of hydrogen-bond donors (Lipinski definition) is 1. The normalized spacial score (nSPS) is 19.7. The molecule has 0 radical (unpaired) electrons. The third-order valence-corrected chi connectivity index (χ3v) is 4.11. The maximum absolute atomic E-state index is 5.76. The lowest BCUT2D eigenvalue weighted by atomic mass is 10.2. The molecule has 21 heavy (non-hydrogen) atoms. The van der Waals surface area contributed by atoms with E-state index in [0.29, 0.717) is 6.10 Å². The van der Waals surface area contributed by atoms with Crippen LogP contribution in [0.5, 0.6) is 0 Å². The van der Waals surface area contributed by atoms with Gasteiger partial charge in [0.2, 0.25) is 0 Å². The molecule has 1 aromatic carbocycles. The first-order valence-electron chi connectivity index (χ1n) is 8.07. The number of benzene rings is 1. The van der Waals surface area contributed by atoms with Crippen LogP contribution in [0.25, 0.3) is 0 Å². The average Bonchev–Trinajstić information content (AvgIpc) is 2.50. The third-order valence-electron chi connectivity index (χ3n) is 4.11. The van der Waals surface area contributed by atoms with Crippen molar-refractivity contribution in [1.82, 2.24) is 10.2 Å². The van der Waals surface area contributed by atoms with Crippen molar-refractivity contribution in [2.24, 2.45) is 0 Å². The number of anilines is 1. The van der Waals surface area contributed by atoms with Crippen LogP contribution in [0.1, 0.15) is 19.4 Å². The Bertz CT molecular complexity index is 403. The predicted molar refractivity (Wildman–Crippen MR) is 88.9 cm³/mol. The Morgan fingerprint density at radius 2 is 1.95 bits per heavy atom. The molecule has 1 aliphatic rings. The molecule has 1 saturated heterocycles. The van der Waals surface area contributed by atoms with Crippen molar-refractivity contribution in [3.8, 4) is 0 Å². The second-order valence-corrected chi connectivity index (χ2v) is 5.72. The second kappa shape index (κ2) is 8.37. The lowest BCUT2D eigenvalue weighted by Crippen LogP contribution is -2.44. The first-order chi connectivity index (χ1) is 10.2. The van der Waals surface area contributed by atoms with Crippen molar-refractivity contribution < 1.29 is 4.74 Å². The summed E-state index contributed by atoms with van der Waals surface area (Å²) in [6.45, 7) is 11.2. The molecule has 118 valence electrons. The number of nitrogens with zero attached hydrogens (tertiary/aromatic N) is 2. The van der Waals surface area contributed by atoms with Gasteiger partial charge in [-0.3, -0.25) is 0 Å². The molecule has 1 unspecified atom stereocenters. The highest BCUT2D eigenvalue weighted by Crippen LogP contribution is 2.14. The fourth-order valence-corrected chi connectivity index (χ4v) is 2.78. The van der Waals surface area contributed by atoms with Gasteiger partial charge in [0.1, 0.15) is 0 Å². The molecule has 0 saturated carbocycles. The summed E-state index contributed by atoms with van der Waals surface area (Å²) in [5.41, 5.74) is 2.64. The Morgan fingerprint density at radius 1 is 1.24 bits per heavy atom. The Hall–Kier alpha value is -1.10. The van der Waals surface area contributed by atoms with Gasteiger partial charge in [-0.2, -0.15) is 0 Å². The quantitative estimate of drug-likeness (QED) is 0.831. The lowest BCUT2D eigenvalue weighted by molar-refractivity contribution is -0.0182. The SMILES string of the molecule is CCN(CC)c1ccc(CNCC2CN(C)CCO2)cc1. The maximum atomic E-state index is 5.76. The van der Waals surface area contributed by atoms with Crippen LogP contribution in [0.3, 0.4) is 0 Å². The van der Waals surface area contributed by atoms with E-state index >= 15 is 0 Å². The van der Waals surface area contributed by atoms with Gasteiger partial charge in [-0.1, -0.05) is 12.1 Å². The van der Waals surface area contributed by atoms with Crippen LogP contribution in [-0.4, -0.2) is 57.4 Å². The number of rotatable bonds is 7. The molecule has 1 fully saturated rings. The molecule has 0 aliphatic carbocycles. The van der Waals surface area contributed by atoms with Crippen LogP contribution >= 0.6 is 0 Å². The molecular weight excluding hydrogens is 262 g/mol. The molecule has 0 spiro atoms. The maximum Gasteiger partial charge on any atom is 0.0826 e. The summed E-state index contributed by atoms with van der Waals surface area (Å²) in [5.74, 6) is 0. The van der Waals surface area contributed by atoms with E-state index in [0.717, 1.165) is 45.9 Å². The van der Waals surface area contributed by atoms with Crippen molar-refractivity contribution in [3.05, 3.63) is 29.8 Å². The lowest BCUT2D eigenvalue weighted by Gasteiger charge is -2.30. The zero-order valence-electron chi connectivity index (χ0n) is 13.6. The highest BCUT2D eigenvalue weighted by Gasteiger charge is 2.16. The molecule has 0 aromatic heterocycles. The number of morpholine rings is 1. The summed E-state index contributed by atoms with van der Waals surface area (Å²) in [6.07, 6.45) is 0.318. The highest BCUT2D eigenvalue weighted by molar-refractivity contribution is 5.47. The van der Waals surface area contributed by atoms with Gasteiger partial charge in [-0.05, 0) is 38.6 Å². The molecule has 0 bridgehead atoms. The van der Waals surface area contributed by atoms with Crippen molar-refractivity contribution in [1.29, 1.82) is 0 Å². The fourth-order valence-electron chi connectivity index (χ4n) is 2.78. The monoisotopic (exact) mass is 291 g/mol. The summed E-state index contributed by atoms with van der Waals surface area (Å²) in [4.78, 5) is 4.69. The Labute approximate surface area is 129 Å². The van der Waals surface area contributed by atoms with Gasteiger partial charge in [-0.15, -0.1) is 0 Å². The van der Waals surface area contributed by atoms with Crippen molar-refractivity contribution in [2.75, 3.05) is 51.3 Å². The molecule has 4 heteroatoms. The molecular formula is C17H29N3O. The first kappa shape index (κ1) is 16.3. The van der Waals surface area contributed by atoms with Crippen molar-refractivity contribution in [2.45, 2.75) is 26.5 Å². The molecule has 0 amide bonds. The summed E-state index contributed by atoms with van der Waals surface area (Å²) in [6, 6.07) is 8.87. The number of likely N-dealkylation sites (N-methyl/N-ethyl adjacent to an activating group) is 1. The smallest absolute Gasteiger partial charge is 0.0826 e. The van der Waals surface area contributed by atoms with Gasteiger partial charge in [0.05, 0.1) is 12.7 Å². The number of hydrogen-bond acceptors (Lipinski definition) is 4. The van der Waals surface area contributed by atoms with Crippen LogP contribution in [0.2, 0.25) is 0 Å². The van der Waals surface area contributed by atoms with Crippen LogP contribution in [0.4, 0.5) is 5.69 Å². The van der Waals surface area contributed by atoms with Gasteiger partial charge in [0, 0.05) is 45.0 Å². The van der Waals surface area contributed by atoms with Crippen LogP contribution in [0, 0.1) is 0 Å². The number of ether oxygens (including phenoxy) is 1. The Balaban J connectivity index is 1.75. The molecule has 2 rings (SSSR count). The van der Waals surface area contributed by atoms with E-state index in [2.05, 4.69) is 60.3 Å². The number of nitrogens with one attached hydrogen (secondary N) is 1. The van der Waals surface area contributed by atoms with E-state index in [4.69, 9.17) is 4.74 Å². The molecule has 1 atom stereocenters. The highest BCUT2D eigenvalue weighted by atomic mass is 16.5. The summed E-state index contributed by atoms with van der Waals surface area (Å²) in [5, 5.41) is 3.50. The van der Waals surface area contributed by atoms with E-state index in [1.165, 1.54) is 11.3 Å². The van der Waals surface area contributed by atoms with Crippen molar-refractivity contribution in [3.63, 3.8) is 0 Å². The van der Waals surface area contributed by atoms with Gasteiger partial charge in [0.15, 0.2) is 0 Å². The predicted octanol–water partition coefficient (Wildman–Crippen LogP) is 1.95. The third kappa shape index (κ3) is 4.99. The second-order valence-electron chi connectivity index (χ2n) is 5.72. The van der Waals surface area contributed by atoms with Gasteiger partial charge >= 0.3 is 0 Å². The van der Waals surface area contributed by atoms with Crippen molar-refractivity contribution >= 4 is 5.69 Å². The van der Waals surface area contributed by atoms with E-state index in [-0.39, 0.29) is 0 Å². The van der Waals surface area contributed by atoms with E-state index in [9.17, 15) is 0 Å². The van der Waals surface area contributed by atoms with E-state index in [1.54, 1.807) is 0 Å². The minimum atomic E-state index is 0.318. The standard InChI is InChI=1S/C17H29N3O/c1-4-20(5-2)16-8-6-15(7-9-16)12-18-13-17-14-19(3)10-11-21-17/h6-9,17-18H,4-5,10-14H2,1-3H3. The molecule has 1 heterocycles. The zero-order chi connectivity index (χ0) is 15.1. The fraction of sp³-hybridized carbons (Fsp3) is 0.647. The van der Waals surface area contributed by atoms with E-state index in [1.807, 2.05) is 0 Å². The molecule has 1 aromatic rings. The minimum Gasteiger partial charge on any atom is -0.374 e. The van der Waals surface area contributed by atoms with Gasteiger partial charge < -0.3 is 19.9 Å². The summed E-state index contributed by atoms with van der Waals surface area (Å²) in [7, 11) is 2.15. The molecule has 1 aliphatic heterocycles. The van der Waals surface area contributed by atoms with Gasteiger partial charge in [-0.25, -0.2) is 0 Å². The Morgan fingerprint density at radius 3 is 2.57 bits per heavy atom. The topological polar surface area (TPSA) is 27.7 Å². The largest absolute Gasteiger partial charge is 0.374 e. The molecule has 1 N–H and O–H groups in total. The summed E-state index contributed by atoms with van der Waals surface area (Å²) >= 11 is 0. The first-order valence-corrected chi connectivity index (χ1v) is 8.07. The van der Waals surface area contributed by atoms with Crippen LogP contribution in [-0.2, 0) is 11.3 Å². The van der Waals surface area contributed by atoms with Gasteiger partial charge in [0.25, 0.3) is 0 Å². The Kier molecular flexibility index (Phi) is 6.49. The van der Waals surface area contributed by atoms with E-state index < -0.39 is 0 Å². The average molecular weight is 291 g/mol. The zero-order valence-corrected chi connectivity index (χ0v) is 13.6. The summed E-state index contributed by atoms with van der Waals surface area (Å²) < 4.78 is 5.76. The minimum absolute atomic E-state index is 0.318. The molecule has 4 nitrogen and oxygen atoms in total.